The quantitative estimate of drug-likeness (QED) is 0.512. The van der Waals surface area contributed by atoms with E-state index in [1.165, 1.54) is 4.31 Å². The van der Waals surface area contributed by atoms with Gasteiger partial charge in [-0.25, -0.2) is 8.42 Å². The molecule has 25 heavy (non-hydrogen) atoms. The summed E-state index contributed by atoms with van der Waals surface area (Å²) in [6.07, 6.45) is 7.92. The van der Waals surface area contributed by atoms with Crippen molar-refractivity contribution in [1.82, 2.24) is 4.31 Å². The molecule has 2 rings (SSSR count). The Morgan fingerprint density at radius 1 is 1.12 bits per heavy atom. The van der Waals surface area contributed by atoms with E-state index >= 15 is 0 Å². The number of nitrogens with zero attached hydrogens (tertiary/aromatic N) is 1. The summed E-state index contributed by atoms with van der Waals surface area (Å²) in [7, 11) is -3.57. The fourth-order valence-corrected chi connectivity index (χ4v) is 4.23. The van der Waals surface area contributed by atoms with E-state index in [-0.39, 0.29) is 11.4 Å². The van der Waals surface area contributed by atoms with Crippen LogP contribution in [0.25, 0.3) is 0 Å². The summed E-state index contributed by atoms with van der Waals surface area (Å²) in [5, 5.41) is 1.97. The van der Waals surface area contributed by atoms with Crippen molar-refractivity contribution < 1.29 is 8.42 Å². The van der Waals surface area contributed by atoms with Crippen LogP contribution in [0.2, 0.25) is 0 Å². The topological polar surface area (TPSA) is 37.4 Å². The van der Waals surface area contributed by atoms with Gasteiger partial charge >= 0.3 is 0 Å². The fraction of sp³-hybridized carbons (Fsp3) is 0.200. The average Bonchev–Trinajstić information content (AvgIpc) is 2.61. The third-order valence-electron chi connectivity index (χ3n) is 3.52. The van der Waals surface area contributed by atoms with Gasteiger partial charge in [0.25, 0.3) is 0 Å². The van der Waals surface area contributed by atoms with Gasteiger partial charge in [0.1, 0.15) is 0 Å². The third-order valence-corrected chi connectivity index (χ3v) is 6.25. The van der Waals surface area contributed by atoms with E-state index in [1.807, 2.05) is 48.7 Å². The van der Waals surface area contributed by atoms with Gasteiger partial charge in [-0.2, -0.15) is 4.31 Å². The number of hydrogen-bond donors (Lipinski definition) is 0. The van der Waals surface area contributed by atoms with Crippen LogP contribution >= 0.6 is 11.8 Å². The number of rotatable bonds is 8. The monoisotopic (exact) mass is 371 g/mol. The van der Waals surface area contributed by atoms with Gasteiger partial charge in [-0.15, -0.1) is 6.42 Å². The Morgan fingerprint density at radius 3 is 2.44 bits per heavy atom. The van der Waals surface area contributed by atoms with Crippen LogP contribution in [0.4, 0.5) is 0 Å². The number of hydrogen-bond acceptors (Lipinski definition) is 3. The summed E-state index contributed by atoms with van der Waals surface area (Å²) >= 11 is 1.60. The minimum absolute atomic E-state index is 0.0654. The Kier molecular flexibility index (Phi) is 7.32. The van der Waals surface area contributed by atoms with Crippen LogP contribution in [-0.4, -0.2) is 25.8 Å². The zero-order chi connectivity index (χ0) is 18.1. The van der Waals surface area contributed by atoms with E-state index in [9.17, 15) is 8.42 Å². The number of benzene rings is 2. The second-order valence-electron chi connectivity index (χ2n) is 5.45. The molecule has 2 aromatic rings. The highest BCUT2D eigenvalue weighted by Crippen LogP contribution is 2.19. The molecule has 3 nitrogen and oxygen atoms in total. The van der Waals surface area contributed by atoms with Crippen LogP contribution in [0.1, 0.15) is 12.0 Å². The molecule has 0 heterocycles. The van der Waals surface area contributed by atoms with E-state index < -0.39 is 10.0 Å². The first-order valence-corrected chi connectivity index (χ1v) is 10.2. The number of aryl methyl sites for hydroxylation is 1. The molecule has 0 aromatic heterocycles. The fourth-order valence-electron chi connectivity index (χ4n) is 2.16. The highest BCUT2D eigenvalue weighted by molar-refractivity contribution is 8.02. The molecule has 0 N–H and O–H groups in total. The summed E-state index contributed by atoms with van der Waals surface area (Å²) in [5.41, 5.74) is 1.02. The average molecular weight is 372 g/mol. The molecule has 0 amide bonds. The Bertz CT molecular complexity index is 836. The molecule has 0 aliphatic heterocycles. The maximum absolute atomic E-state index is 12.7. The second-order valence-corrected chi connectivity index (χ2v) is 8.36. The van der Waals surface area contributed by atoms with Crippen LogP contribution in [0.5, 0.6) is 0 Å². The molecule has 0 fully saturated rings. The first kappa shape index (κ1) is 19.3. The van der Waals surface area contributed by atoms with Crippen LogP contribution in [-0.2, 0) is 10.0 Å². The molecule has 5 heteroatoms. The Morgan fingerprint density at radius 2 is 1.80 bits per heavy atom. The minimum atomic E-state index is -3.57. The Labute approximate surface area is 154 Å². The lowest BCUT2D eigenvalue weighted by molar-refractivity contribution is 0.452. The third kappa shape index (κ3) is 5.79. The van der Waals surface area contributed by atoms with Crippen molar-refractivity contribution in [2.75, 3.05) is 13.1 Å². The minimum Gasteiger partial charge on any atom is -0.207 e. The summed E-state index contributed by atoms with van der Waals surface area (Å²) in [6, 6.07) is 16.8. The van der Waals surface area contributed by atoms with Crippen LogP contribution < -0.4 is 0 Å². The maximum Gasteiger partial charge on any atom is 0.243 e. The van der Waals surface area contributed by atoms with Crippen LogP contribution in [0, 0.1) is 19.3 Å². The predicted octanol–water partition coefficient (Wildman–Crippen LogP) is 4.32. The molecule has 0 bridgehead atoms. The van der Waals surface area contributed by atoms with E-state index in [4.69, 9.17) is 6.42 Å². The molecule has 0 aliphatic rings. The smallest absolute Gasteiger partial charge is 0.207 e. The lowest BCUT2D eigenvalue weighted by Crippen LogP contribution is -2.32. The van der Waals surface area contributed by atoms with Crippen molar-refractivity contribution in [3.63, 3.8) is 0 Å². The van der Waals surface area contributed by atoms with E-state index in [0.717, 1.165) is 10.5 Å². The van der Waals surface area contributed by atoms with Gasteiger partial charge in [0, 0.05) is 11.4 Å². The standard InChI is InChI=1S/C20H21NO2S2/c1-3-15-21(25(22,23)20-13-11-18(2)12-14-20)16-7-8-17-24-19-9-5-4-6-10-19/h1,4-6,8-14,17H,7,15-16H2,2H3/b17-8-. The molecule has 0 atom stereocenters. The molecule has 0 unspecified atom stereocenters. The number of terminal acetylenes is 1. The van der Waals surface area contributed by atoms with Gasteiger partial charge in [0.2, 0.25) is 10.0 Å². The molecule has 0 spiro atoms. The van der Waals surface area contributed by atoms with Crippen molar-refractivity contribution in [3.05, 3.63) is 71.6 Å². The molecule has 0 radical (unpaired) electrons. The number of sulfonamides is 1. The van der Waals surface area contributed by atoms with Crippen molar-refractivity contribution in [2.24, 2.45) is 0 Å². The summed E-state index contributed by atoms with van der Waals surface area (Å²) in [6.45, 7) is 2.34. The van der Waals surface area contributed by atoms with Gasteiger partial charge in [0.15, 0.2) is 0 Å². The molecule has 0 saturated carbocycles. The van der Waals surface area contributed by atoms with E-state index in [1.54, 1.807) is 36.0 Å². The zero-order valence-corrected chi connectivity index (χ0v) is 15.8. The molecular formula is C20H21NO2S2. The molecular weight excluding hydrogens is 350 g/mol. The maximum atomic E-state index is 12.7. The lowest BCUT2D eigenvalue weighted by Gasteiger charge is -2.19. The summed E-state index contributed by atoms with van der Waals surface area (Å²) in [5.74, 6) is 2.44. The van der Waals surface area contributed by atoms with Crippen LogP contribution in [0.3, 0.4) is 0 Å². The van der Waals surface area contributed by atoms with Gasteiger partial charge in [-0.1, -0.05) is 59.7 Å². The van der Waals surface area contributed by atoms with Gasteiger partial charge in [0.05, 0.1) is 11.4 Å². The normalized spacial score (nSPS) is 11.7. The van der Waals surface area contributed by atoms with E-state index in [0.29, 0.717) is 13.0 Å². The highest BCUT2D eigenvalue weighted by Gasteiger charge is 2.22. The van der Waals surface area contributed by atoms with Crippen molar-refractivity contribution in [3.8, 4) is 12.3 Å². The lowest BCUT2D eigenvalue weighted by atomic mass is 10.2. The SMILES string of the molecule is C#CCN(CC/C=C\Sc1ccccc1)S(=O)(=O)c1ccc(C)cc1. The van der Waals surface area contributed by atoms with Crippen molar-refractivity contribution >= 4 is 21.8 Å². The molecule has 130 valence electrons. The molecule has 2 aromatic carbocycles. The Hall–Kier alpha value is -2.00. The zero-order valence-electron chi connectivity index (χ0n) is 14.1. The molecule has 0 aliphatic carbocycles. The van der Waals surface area contributed by atoms with Gasteiger partial charge in [-0.05, 0) is 43.0 Å². The summed E-state index contributed by atoms with van der Waals surface area (Å²) < 4.78 is 26.8. The second kappa shape index (κ2) is 9.47. The van der Waals surface area contributed by atoms with Crippen molar-refractivity contribution in [2.45, 2.75) is 23.1 Å². The Balaban J connectivity index is 1.98. The van der Waals surface area contributed by atoms with Crippen molar-refractivity contribution in [1.29, 1.82) is 0 Å². The largest absolute Gasteiger partial charge is 0.243 e. The summed E-state index contributed by atoms with van der Waals surface area (Å²) in [4.78, 5) is 1.42. The first-order chi connectivity index (χ1) is 12.0. The highest BCUT2D eigenvalue weighted by atomic mass is 32.2. The number of thioether (sulfide) groups is 1. The first-order valence-electron chi connectivity index (χ1n) is 7.91. The van der Waals surface area contributed by atoms with Crippen LogP contribution in [0.15, 0.2) is 75.9 Å². The van der Waals surface area contributed by atoms with E-state index in [2.05, 4.69) is 5.92 Å². The predicted molar refractivity (Wildman–Crippen MR) is 105 cm³/mol. The molecule has 0 saturated heterocycles. The van der Waals surface area contributed by atoms with Gasteiger partial charge in [-0.3, -0.25) is 0 Å². The van der Waals surface area contributed by atoms with Gasteiger partial charge < -0.3 is 0 Å².